The van der Waals surface area contributed by atoms with Gasteiger partial charge in [-0.15, -0.1) is 0 Å². The fraction of sp³-hybridized carbons (Fsp3) is 0.857. The van der Waals surface area contributed by atoms with Gasteiger partial charge in [-0.3, -0.25) is 4.79 Å². The molecule has 0 aromatic carbocycles. The Morgan fingerprint density at radius 2 is 2.00 bits per heavy atom. The first kappa shape index (κ1) is 9.53. The Bertz CT molecular complexity index is 115. The zero-order valence-electron chi connectivity index (χ0n) is 6.29. The van der Waals surface area contributed by atoms with Crippen molar-refractivity contribution in [2.45, 2.75) is 39.0 Å². The SMILES string of the molecule is CCCCC(=O)C(C)(F)F. The number of rotatable bonds is 4. The maximum Gasteiger partial charge on any atom is 0.302 e. The average Bonchev–Trinajstić information content (AvgIpc) is 1.80. The van der Waals surface area contributed by atoms with E-state index in [9.17, 15) is 13.6 Å². The molecule has 0 spiro atoms. The summed E-state index contributed by atoms with van der Waals surface area (Å²) in [6, 6.07) is 0. The van der Waals surface area contributed by atoms with Crippen molar-refractivity contribution in [2.24, 2.45) is 0 Å². The smallest absolute Gasteiger partial charge is 0.293 e. The minimum atomic E-state index is -3.13. The molecule has 0 amide bonds. The minimum absolute atomic E-state index is 0. The summed E-state index contributed by atoms with van der Waals surface area (Å²) in [5.41, 5.74) is 0. The molecule has 0 aliphatic carbocycles. The summed E-state index contributed by atoms with van der Waals surface area (Å²) in [4.78, 5) is 10.5. The summed E-state index contributed by atoms with van der Waals surface area (Å²) in [7, 11) is 0. The summed E-state index contributed by atoms with van der Waals surface area (Å²) in [5, 5.41) is 0. The molecule has 0 bridgehead atoms. The molecule has 0 heterocycles. The molecule has 0 saturated carbocycles. The van der Waals surface area contributed by atoms with E-state index in [1.165, 1.54) is 0 Å². The second kappa shape index (κ2) is 3.64. The lowest BCUT2D eigenvalue weighted by Crippen LogP contribution is -2.23. The maximum atomic E-state index is 12.1. The largest absolute Gasteiger partial charge is 0.302 e. The Balaban J connectivity index is 3.64. The van der Waals surface area contributed by atoms with E-state index >= 15 is 0 Å². The summed E-state index contributed by atoms with van der Waals surface area (Å²) < 4.78 is 24.2. The number of unbranched alkanes of at least 4 members (excludes halogenated alkanes) is 1. The first-order valence-corrected chi connectivity index (χ1v) is 3.39. The van der Waals surface area contributed by atoms with Gasteiger partial charge in [-0.1, -0.05) is 13.3 Å². The van der Waals surface area contributed by atoms with Crippen LogP contribution >= 0.6 is 0 Å². The second-order valence-electron chi connectivity index (χ2n) is 2.42. The quantitative estimate of drug-likeness (QED) is 0.601. The Hall–Kier alpha value is -0.470. The molecule has 0 atom stereocenters. The fourth-order valence-corrected chi connectivity index (χ4v) is 0.557. The van der Waals surface area contributed by atoms with E-state index in [1.54, 1.807) is 0 Å². The Kier molecular flexibility index (Phi) is 3.47. The van der Waals surface area contributed by atoms with Crippen LogP contribution in [0.4, 0.5) is 8.78 Å². The first-order valence-electron chi connectivity index (χ1n) is 3.39. The molecule has 1 nitrogen and oxygen atoms in total. The maximum absolute atomic E-state index is 12.1. The number of hydrogen-bond donors (Lipinski definition) is 0. The van der Waals surface area contributed by atoms with E-state index in [2.05, 4.69) is 0 Å². The highest BCUT2D eigenvalue weighted by molar-refractivity contribution is 5.84. The van der Waals surface area contributed by atoms with Gasteiger partial charge in [0.15, 0.2) is 0 Å². The predicted octanol–water partition coefficient (Wildman–Crippen LogP) is 2.40. The zero-order chi connectivity index (χ0) is 8.20. The third kappa shape index (κ3) is 3.54. The molecule has 0 aromatic rings. The summed E-state index contributed by atoms with van der Waals surface area (Å²) in [6.07, 6.45) is 1.34. The normalized spacial score (nSPS) is 11.6. The van der Waals surface area contributed by atoms with Crippen molar-refractivity contribution in [3.8, 4) is 0 Å². The van der Waals surface area contributed by atoms with E-state index in [1.807, 2.05) is 6.92 Å². The first-order chi connectivity index (χ1) is 4.48. The molecule has 0 unspecified atom stereocenters. The number of Topliss-reactive ketones (excluding diaryl/α,β-unsaturated/α-hetero) is 1. The molecule has 3 heteroatoms. The molecule has 0 aromatic heterocycles. The number of hydrogen-bond acceptors (Lipinski definition) is 1. The van der Waals surface area contributed by atoms with Crippen molar-refractivity contribution in [3.63, 3.8) is 0 Å². The molecule has 60 valence electrons. The van der Waals surface area contributed by atoms with Crippen LogP contribution in [0.2, 0.25) is 0 Å². The molecule has 0 rings (SSSR count). The van der Waals surface area contributed by atoms with Crippen LogP contribution in [-0.4, -0.2) is 11.7 Å². The molecule has 0 aliphatic rings. The summed E-state index contributed by atoms with van der Waals surface area (Å²) in [6.45, 7) is 2.51. The van der Waals surface area contributed by atoms with Gasteiger partial charge in [-0.25, -0.2) is 0 Å². The number of carbonyl (C=O) groups is 1. The number of carbonyl (C=O) groups excluding carboxylic acids is 1. The van der Waals surface area contributed by atoms with Crippen LogP contribution < -0.4 is 0 Å². The van der Waals surface area contributed by atoms with Crippen LogP contribution in [0.3, 0.4) is 0 Å². The van der Waals surface area contributed by atoms with Crippen LogP contribution in [0.1, 0.15) is 33.1 Å². The van der Waals surface area contributed by atoms with Gasteiger partial charge in [0.1, 0.15) is 0 Å². The molecule has 0 aliphatic heterocycles. The van der Waals surface area contributed by atoms with E-state index < -0.39 is 11.7 Å². The molecule has 10 heavy (non-hydrogen) atoms. The lowest BCUT2D eigenvalue weighted by molar-refractivity contribution is -0.140. The Labute approximate surface area is 59.4 Å². The van der Waals surface area contributed by atoms with Gasteiger partial charge >= 0.3 is 5.92 Å². The predicted molar refractivity (Wildman–Crippen MR) is 35.2 cm³/mol. The molecular formula is C7H12F2O. The van der Waals surface area contributed by atoms with Crippen molar-refractivity contribution in [3.05, 3.63) is 0 Å². The van der Waals surface area contributed by atoms with Crippen molar-refractivity contribution in [1.82, 2.24) is 0 Å². The second-order valence-corrected chi connectivity index (χ2v) is 2.42. The molecule has 0 N–H and O–H groups in total. The number of alkyl halides is 2. The van der Waals surface area contributed by atoms with Gasteiger partial charge in [0.05, 0.1) is 0 Å². The third-order valence-corrected chi connectivity index (χ3v) is 1.25. The van der Waals surface area contributed by atoms with Gasteiger partial charge in [0.2, 0.25) is 5.78 Å². The van der Waals surface area contributed by atoms with Gasteiger partial charge < -0.3 is 0 Å². The van der Waals surface area contributed by atoms with E-state index in [-0.39, 0.29) is 6.42 Å². The van der Waals surface area contributed by atoms with Crippen LogP contribution in [0.5, 0.6) is 0 Å². The van der Waals surface area contributed by atoms with Crippen LogP contribution in [-0.2, 0) is 4.79 Å². The van der Waals surface area contributed by atoms with Gasteiger partial charge in [0, 0.05) is 13.3 Å². The average molecular weight is 150 g/mol. The molecular weight excluding hydrogens is 138 g/mol. The van der Waals surface area contributed by atoms with Gasteiger partial charge in [-0.2, -0.15) is 8.78 Å². The summed E-state index contributed by atoms with van der Waals surface area (Å²) >= 11 is 0. The van der Waals surface area contributed by atoms with Crippen LogP contribution in [0.15, 0.2) is 0 Å². The Morgan fingerprint density at radius 1 is 1.50 bits per heavy atom. The Morgan fingerprint density at radius 3 is 2.30 bits per heavy atom. The monoisotopic (exact) mass is 150 g/mol. The number of ketones is 1. The third-order valence-electron chi connectivity index (χ3n) is 1.25. The minimum Gasteiger partial charge on any atom is -0.293 e. The van der Waals surface area contributed by atoms with Gasteiger partial charge in [0.25, 0.3) is 0 Å². The highest BCUT2D eigenvalue weighted by Gasteiger charge is 2.30. The lowest BCUT2D eigenvalue weighted by atomic mass is 10.1. The summed E-state index contributed by atoms with van der Waals surface area (Å²) in [5.74, 6) is -4.08. The fourth-order valence-electron chi connectivity index (χ4n) is 0.557. The molecule has 0 saturated heterocycles. The van der Waals surface area contributed by atoms with E-state index in [0.717, 1.165) is 6.42 Å². The molecule has 0 radical (unpaired) electrons. The van der Waals surface area contributed by atoms with Crippen molar-refractivity contribution in [1.29, 1.82) is 0 Å². The van der Waals surface area contributed by atoms with Crippen molar-refractivity contribution in [2.75, 3.05) is 0 Å². The highest BCUT2D eigenvalue weighted by Crippen LogP contribution is 2.16. The molecule has 0 fully saturated rings. The van der Waals surface area contributed by atoms with Gasteiger partial charge in [-0.05, 0) is 6.42 Å². The lowest BCUT2D eigenvalue weighted by Gasteiger charge is -2.06. The van der Waals surface area contributed by atoms with E-state index in [4.69, 9.17) is 0 Å². The highest BCUT2D eigenvalue weighted by atomic mass is 19.3. The van der Waals surface area contributed by atoms with Crippen LogP contribution in [0, 0.1) is 0 Å². The van der Waals surface area contributed by atoms with Crippen LogP contribution in [0.25, 0.3) is 0 Å². The topological polar surface area (TPSA) is 17.1 Å². The van der Waals surface area contributed by atoms with Crippen molar-refractivity contribution >= 4 is 5.78 Å². The van der Waals surface area contributed by atoms with Crippen molar-refractivity contribution < 1.29 is 13.6 Å². The zero-order valence-corrected chi connectivity index (χ0v) is 6.29. The standard InChI is InChI=1S/C7H12F2O/c1-3-4-5-6(10)7(2,8)9/h3-5H2,1-2H3. The number of halogens is 2. The van der Waals surface area contributed by atoms with E-state index in [0.29, 0.717) is 13.3 Å².